The molecule has 0 aliphatic heterocycles. The van der Waals surface area contributed by atoms with E-state index in [0.717, 1.165) is 34.2 Å². The van der Waals surface area contributed by atoms with Crippen LogP contribution in [0.4, 0.5) is 0 Å². The molecule has 0 radical (unpaired) electrons. The summed E-state index contributed by atoms with van der Waals surface area (Å²) in [5.74, 6) is 1.52. The van der Waals surface area contributed by atoms with Crippen LogP contribution in [0.1, 0.15) is 48.8 Å². The van der Waals surface area contributed by atoms with E-state index in [4.69, 9.17) is 9.40 Å². The monoisotopic (exact) mass is 440 g/mol. The zero-order valence-electron chi connectivity index (χ0n) is 17.4. The fourth-order valence-electron chi connectivity index (χ4n) is 3.26. The summed E-state index contributed by atoms with van der Waals surface area (Å²) in [5, 5.41) is 9.48. The first kappa shape index (κ1) is 20.8. The zero-order chi connectivity index (χ0) is 21.3. The van der Waals surface area contributed by atoms with Gasteiger partial charge in [0.25, 0.3) is 5.56 Å². The lowest BCUT2D eigenvalue weighted by molar-refractivity contribution is 0.509. The molecule has 8 heteroatoms. The van der Waals surface area contributed by atoms with Crippen molar-refractivity contribution in [3.63, 3.8) is 0 Å². The van der Waals surface area contributed by atoms with Crippen LogP contribution in [-0.2, 0) is 6.42 Å². The van der Waals surface area contributed by atoms with Gasteiger partial charge >= 0.3 is 0 Å². The second-order valence-corrected chi connectivity index (χ2v) is 10.0. The Labute approximate surface area is 183 Å². The van der Waals surface area contributed by atoms with Crippen LogP contribution >= 0.6 is 23.1 Å². The predicted octanol–water partition coefficient (Wildman–Crippen LogP) is 5.78. The summed E-state index contributed by atoms with van der Waals surface area (Å²) >= 11 is 3.00. The van der Waals surface area contributed by atoms with Crippen LogP contribution in [0.3, 0.4) is 0 Å². The number of benzene rings is 1. The van der Waals surface area contributed by atoms with E-state index >= 15 is 0 Å². The molecule has 0 spiro atoms. The van der Waals surface area contributed by atoms with Crippen molar-refractivity contribution in [1.82, 2.24) is 20.2 Å². The molecule has 0 bridgehead atoms. The average Bonchev–Trinajstić information content (AvgIpc) is 3.34. The minimum Gasteiger partial charge on any atom is -0.419 e. The normalized spacial score (nSPS) is 13.6. The van der Waals surface area contributed by atoms with Gasteiger partial charge in [-0.3, -0.25) is 4.79 Å². The van der Waals surface area contributed by atoms with Crippen molar-refractivity contribution in [2.24, 2.45) is 5.92 Å². The molecular weight excluding hydrogens is 416 g/mol. The Kier molecular flexibility index (Phi) is 6.06. The summed E-state index contributed by atoms with van der Waals surface area (Å²) < 4.78 is 5.84. The molecule has 0 saturated heterocycles. The highest BCUT2D eigenvalue weighted by molar-refractivity contribution is 7.99. The van der Waals surface area contributed by atoms with Crippen LogP contribution in [0, 0.1) is 12.8 Å². The van der Waals surface area contributed by atoms with Crippen LogP contribution in [0.2, 0.25) is 0 Å². The maximum atomic E-state index is 12.9. The van der Waals surface area contributed by atoms with Gasteiger partial charge in [0.1, 0.15) is 4.83 Å². The van der Waals surface area contributed by atoms with Crippen molar-refractivity contribution in [2.75, 3.05) is 0 Å². The second-order valence-electron chi connectivity index (χ2n) is 7.48. The van der Waals surface area contributed by atoms with Crippen molar-refractivity contribution in [3.8, 4) is 11.5 Å². The second kappa shape index (κ2) is 8.73. The minimum atomic E-state index is -0.142. The van der Waals surface area contributed by atoms with Gasteiger partial charge in [-0.1, -0.05) is 50.2 Å². The molecule has 1 aromatic carbocycles. The molecule has 0 saturated carbocycles. The van der Waals surface area contributed by atoms with Crippen LogP contribution in [-0.4, -0.2) is 20.2 Å². The fraction of sp³-hybridized carbons (Fsp3) is 0.364. The Morgan fingerprint density at radius 2 is 1.97 bits per heavy atom. The summed E-state index contributed by atoms with van der Waals surface area (Å²) in [6.07, 6.45) is 1.99. The van der Waals surface area contributed by atoms with Gasteiger partial charge in [-0.05, 0) is 43.9 Å². The number of thioether (sulfide) groups is 1. The van der Waals surface area contributed by atoms with Crippen molar-refractivity contribution in [1.29, 1.82) is 0 Å². The molecule has 4 rings (SSSR count). The number of nitrogens with zero attached hydrogens (tertiary/aromatic N) is 3. The molecule has 1 N–H and O–H groups in total. The Bertz CT molecular complexity index is 1210. The highest BCUT2D eigenvalue weighted by Crippen LogP contribution is 2.35. The topological polar surface area (TPSA) is 84.7 Å². The van der Waals surface area contributed by atoms with Crippen LogP contribution in [0.5, 0.6) is 0 Å². The zero-order valence-corrected chi connectivity index (χ0v) is 19.1. The number of aromatic amines is 1. The van der Waals surface area contributed by atoms with Crippen LogP contribution in [0.15, 0.2) is 44.7 Å². The first-order chi connectivity index (χ1) is 14.5. The lowest BCUT2D eigenvalue weighted by atomic mass is 9.98. The quantitative estimate of drug-likeness (QED) is 0.289. The third-order valence-electron chi connectivity index (χ3n) is 5.19. The van der Waals surface area contributed by atoms with Gasteiger partial charge in [-0.15, -0.1) is 21.5 Å². The Hall–Kier alpha value is -2.45. The van der Waals surface area contributed by atoms with E-state index in [2.05, 4.69) is 36.0 Å². The number of aryl methyl sites for hydroxylation is 1. The van der Waals surface area contributed by atoms with E-state index in [1.165, 1.54) is 16.6 Å². The molecule has 0 unspecified atom stereocenters. The molecule has 6 nitrogen and oxygen atoms in total. The summed E-state index contributed by atoms with van der Waals surface area (Å²) in [4.78, 5) is 22.5. The molecule has 3 aromatic heterocycles. The van der Waals surface area contributed by atoms with Gasteiger partial charge < -0.3 is 9.40 Å². The standard InChI is InChI=1S/C22H24N4O2S2/c1-5-12(2)11-16-13(3)29-21-17(16)18(27)23-22(24-21)30-14(4)19-25-26-20(28-19)15-9-7-6-8-10-15/h6-10,12,14H,5,11H2,1-4H3,(H,23,24,27)/t12-,14+/m1/s1. The summed E-state index contributed by atoms with van der Waals surface area (Å²) in [5.41, 5.74) is 1.93. The SMILES string of the molecule is CC[C@@H](C)Cc1c(C)sc2nc(S[C@@H](C)c3nnc(-c4ccccc4)o3)[nH]c(=O)c12. The maximum absolute atomic E-state index is 12.9. The lowest BCUT2D eigenvalue weighted by Crippen LogP contribution is -2.11. The Morgan fingerprint density at radius 1 is 1.20 bits per heavy atom. The van der Waals surface area contributed by atoms with Crippen LogP contribution < -0.4 is 5.56 Å². The summed E-state index contributed by atoms with van der Waals surface area (Å²) in [6, 6.07) is 9.66. The molecule has 0 amide bonds. The number of H-pyrrole nitrogens is 1. The number of rotatable bonds is 7. The Morgan fingerprint density at radius 3 is 2.70 bits per heavy atom. The van der Waals surface area contributed by atoms with E-state index < -0.39 is 0 Å². The van der Waals surface area contributed by atoms with Gasteiger partial charge in [0, 0.05) is 10.4 Å². The van der Waals surface area contributed by atoms with E-state index in [9.17, 15) is 4.79 Å². The molecule has 0 aliphatic rings. The van der Waals surface area contributed by atoms with Crippen molar-refractivity contribution in [2.45, 2.75) is 50.9 Å². The number of fused-ring (bicyclic) bond motifs is 1. The predicted molar refractivity (Wildman–Crippen MR) is 122 cm³/mol. The molecule has 30 heavy (non-hydrogen) atoms. The molecule has 3 heterocycles. The average molecular weight is 441 g/mol. The van der Waals surface area contributed by atoms with E-state index in [0.29, 0.717) is 22.9 Å². The molecule has 156 valence electrons. The van der Waals surface area contributed by atoms with Gasteiger partial charge in [0.2, 0.25) is 11.8 Å². The number of hydrogen-bond donors (Lipinski definition) is 1. The molecule has 0 fully saturated rings. The largest absolute Gasteiger partial charge is 0.419 e. The molecule has 0 aliphatic carbocycles. The van der Waals surface area contributed by atoms with Gasteiger partial charge in [0.15, 0.2) is 5.16 Å². The first-order valence-corrected chi connectivity index (χ1v) is 11.7. The lowest BCUT2D eigenvalue weighted by Gasteiger charge is -2.08. The molecule has 2 atom stereocenters. The fourth-order valence-corrected chi connectivity index (χ4v) is 5.20. The highest BCUT2D eigenvalue weighted by Gasteiger charge is 2.20. The van der Waals surface area contributed by atoms with Crippen molar-refractivity contribution >= 4 is 33.3 Å². The number of aromatic nitrogens is 4. The summed E-state index contributed by atoms with van der Waals surface area (Å²) in [7, 11) is 0. The van der Waals surface area contributed by atoms with Gasteiger partial charge in [0.05, 0.1) is 10.6 Å². The number of hydrogen-bond acceptors (Lipinski definition) is 7. The van der Waals surface area contributed by atoms with Gasteiger partial charge in [-0.25, -0.2) is 4.98 Å². The summed E-state index contributed by atoms with van der Waals surface area (Å²) in [6.45, 7) is 8.42. The third-order valence-corrected chi connectivity index (χ3v) is 7.20. The van der Waals surface area contributed by atoms with Crippen LogP contribution in [0.25, 0.3) is 21.7 Å². The molecular formula is C22H24N4O2S2. The van der Waals surface area contributed by atoms with Crippen molar-refractivity contribution in [3.05, 3.63) is 57.0 Å². The van der Waals surface area contributed by atoms with Gasteiger partial charge in [-0.2, -0.15) is 0 Å². The van der Waals surface area contributed by atoms with E-state index in [1.54, 1.807) is 11.3 Å². The van der Waals surface area contributed by atoms with Crippen molar-refractivity contribution < 1.29 is 4.42 Å². The Balaban J connectivity index is 1.58. The number of nitrogens with one attached hydrogen (secondary N) is 1. The minimum absolute atomic E-state index is 0.0761. The first-order valence-electron chi connectivity index (χ1n) is 10.0. The van der Waals surface area contributed by atoms with E-state index in [1.807, 2.05) is 37.3 Å². The number of thiophene rings is 1. The molecule has 4 aromatic rings. The highest BCUT2D eigenvalue weighted by atomic mass is 32.2. The smallest absolute Gasteiger partial charge is 0.260 e. The maximum Gasteiger partial charge on any atom is 0.260 e. The van der Waals surface area contributed by atoms with E-state index in [-0.39, 0.29) is 10.8 Å². The third kappa shape index (κ3) is 4.20.